The van der Waals surface area contributed by atoms with Gasteiger partial charge < -0.3 is 20.5 Å². The van der Waals surface area contributed by atoms with Crippen molar-refractivity contribution in [3.63, 3.8) is 0 Å². The normalized spacial score (nSPS) is 18.8. The monoisotopic (exact) mass is 376 g/mol. The van der Waals surface area contributed by atoms with Crippen LogP contribution < -0.4 is 15.4 Å². The summed E-state index contributed by atoms with van der Waals surface area (Å²) in [6.07, 6.45) is -0.399. The van der Waals surface area contributed by atoms with Crippen LogP contribution in [0.5, 0.6) is 5.75 Å². The number of ether oxygens (including phenoxy) is 1. The molecule has 0 aliphatic carbocycles. The molecule has 5 nitrogen and oxygen atoms in total. The van der Waals surface area contributed by atoms with Crippen molar-refractivity contribution >= 4 is 18.3 Å². The second kappa shape index (κ2) is 9.57. The molecule has 2 aromatic rings. The number of hydrogen-bond donors (Lipinski definition) is 3. The van der Waals surface area contributed by atoms with Gasteiger partial charge in [0.25, 0.3) is 5.91 Å². The number of benzene rings is 2. The molecule has 1 aliphatic rings. The van der Waals surface area contributed by atoms with Crippen molar-refractivity contribution in [2.45, 2.75) is 19.6 Å². The maximum Gasteiger partial charge on any atom is 0.251 e. The van der Waals surface area contributed by atoms with Crippen molar-refractivity contribution in [2.75, 3.05) is 19.6 Å². The van der Waals surface area contributed by atoms with E-state index in [1.807, 2.05) is 37.3 Å². The quantitative estimate of drug-likeness (QED) is 0.723. The molecule has 0 saturated carbocycles. The van der Waals surface area contributed by atoms with Gasteiger partial charge in [-0.1, -0.05) is 35.9 Å². The highest BCUT2D eigenvalue weighted by atomic mass is 35.5. The minimum Gasteiger partial charge on any atom is -0.489 e. The van der Waals surface area contributed by atoms with Crippen LogP contribution in [-0.2, 0) is 6.61 Å². The van der Waals surface area contributed by atoms with E-state index in [0.717, 1.165) is 12.1 Å². The predicted octanol–water partition coefficient (Wildman–Crippen LogP) is 2.31. The summed E-state index contributed by atoms with van der Waals surface area (Å²) < 4.78 is 5.80. The van der Waals surface area contributed by atoms with E-state index in [9.17, 15) is 9.90 Å². The Labute approximate surface area is 160 Å². The smallest absolute Gasteiger partial charge is 0.251 e. The topological polar surface area (TPSA) is 70.6 Å². The fourth-order valence-corrected chi connectivity index (χ4v) is 2.95. The van der Waals surface area contributed by atoms with E-state index in [0.29, 0.717) is 31.0 Å². The highest BCUT2D eigenvalue weighted by Gasteiger charge is 2.25. The Hall–Kier alpha value is -2.08. The summed E-state index contributed by atoms with van der Waals surface area (Å²) in [4.78, 5) is 12.3. The lowest BCUT2D eigenvalue weighted by molar-refractivity contribution is 0.0926. The second-order valence-electron chi connectivity index (χ2n) is 6.50. The van der Waals surface area contributed by atoms with Crippen LogP contribution in [0.4, 0.5) is 0 Å². The molecule has 0 spiro atoms. The number of carbonyl (C=O) groups is 1. The van der Waals surface area contributed by atoms with Gasteiger partial charge in [0, 0.05) is 31.1 Å². The van der Waals surface area contributed by atoms with Gasteiger partial charge in [0.15, 0.2) is 0 Å². The van der Waals surface area contributed by atoms with Crippen LogP contribution in [0.3, 0.4) is 0 Å². The molecule has 1 saturated heterocycles. The first-order valence-electron chi connectivity index (χ1n) is 8.57. The van der Waals surface area contributed by atoms with Gasteiger partial charge in [-0.3, -0.25) is 4.79 Å². The van der Waals surface area contributed by atoms with E-state index in [1.165, 1.54) is 5.56 Å². The summed E-state index contributed by atoms with van der Waals surface area (Å²) in [5.41, 5.74) is 2.84. The molecule has 26 heavy (non-hydrogen) atoms. The lowest BCUT2D eigenvalue weighted by Crippen LogP contribution is -2.34. The van der Waals surface area contributed by atoms with Crippen molar-refractivity contribution < 1.29 is 14.6 Å². The Bertz CT molecular complexity index is 739. The van der Waals surface area contributed by atoms with E-state index < -0.39 is 6.10 Å². The van der Waals surface area contributed by atoms with Crippen molar-refractivity contribution in [2.24, 2.45) is 5.92 Å². The molecular weight excluding hydrogens is 352 g/mol. The van der Waals surface area contributed by atoms with E-state index in [1.54, 1.807) is 12.1 Å². The highest BCUT2D eigenvalue weighted by Crippen LogP contribution is 2.16. The maximum absolute atomic E-state index is 12.3. The van der Waals surface area contributed by atoms with Crippen molar-refractivity contribution in [1.29, 1.82) is 0 Å². The minimum atomic E-state index is -0.399. The summed E-state index contributed by atoms with van der Waals surface area (Å²) in [6.45, 7) is 4.28. The molecule has 1 aliphatic heterocycles. The summed E-state index contributed by atoms with van der Waals surface area (Å²) in [7, 11) is 0. The average molecular weight is 377 g/mol. The van der Waals surface area contributed by atoms with Gasteiger partial charge in [-0.05, 0) is 30.7 Å². The summed E-state index contributed by atoms with van der Waals surface area (Å²) >= 11 is 0. The first-order chi connectivity index (χ1) is 12.1. The van der Waals surface area contributed by atoms with Crippen LogP contribution in [0.2, 0.25) is 0 Å². The van der Waals surface area contributed by atoms with E-state index >= 15 is 0 Å². The number of aryl methyl sites for hydroxylation is 1. The molecule has 2 atom stereocenters. The SMILES string of the molecule is Cc1cccc(COc2cccc(C(=O)NCC3CNCC3O)c2)c1.Cl. The van der Waals surface area contributed by atoms with Crippen molar-refractivity contribution in [1.82, 2.24) is 10.6 Å². The van der Waals surface area contributed by atoms with Gasteiger partial charge in [0.2, 0.25) is 0 Å². The van der Waals surface area contributed by atoms with Gasteiger partial charge in [0.1, 0.15) is 12.4 Å². The lowest BCUT2D eigenvalue weighted by Gasteiger charge is -2.14. The number of aliphatic hydroxyl groups is 1. The number of halogens is 1. The first kappa shape index (κ1) is 20.2. The molecule has 1 amide bonds. The van der Waals surface area contributed by atoms with Gasteiger partial charge in [-0.2, -0.15) is 0 Å². The lowest BCUT2D eigenvalue weighted by atomic mass is 10.1. The van der Waals surface area contributed by atoms with E-state index in [-0.39, 0.29) is 24.2 Å². The third-order valence-corrected chi connectivity index (χ3v) is 4.41. The van der Waals surface area contributed by atoms with Crippen molar-refractivity contribution in [3.8, 4) is 5.75 Å². The molecular formula is C20H25ClN2O3. The van der Waals surface area contributed by atoms with Crippen LogP contribution in [0, 0.1) is 12.8 Å². The Morgan fingerprint density at radius 2 is 2.04 bits per heavy atom. The molecule has 6 heteroatoms. The summed E-state index contributed by atoms with van der Waals surface area (Å²) in [5, 5.41) is 15.8. The van der Waals surface area contributed by atoms with E-state index in [2.05, 4.69) is 16.7 Å². The fraction of sp³-hybridized carbons (Fsp3) is 0.350. The maximum atomic E-state index is 12.3. The fourth-order valence-electron chi connectivity index (χ4n) is 2.95. The predicted molar refractivity (Wildman–Crippen MR) is 104 cm³/mol. The molecule has 2 aromatic carbocycles. The first-order valence-corrected chi connectivity index (χ1v) is 8.57. The molecule has 2 unspecified atom stereocenters. The number of hydrogen-bond acceptors (Lipinski definition) is 4. The zero-order valence-electron chi connectivity index (χ0n) is 14.8. The third-order valence-electron chi connectivity index (χ3n) is 4.41. The van der Waals surface area contributed by atoms with E-state index in [4.69, 9.17) is 4.74 Å². The number of amides is 1. The van der Waals surface area contributed by atoms with Crippen LogP contribution in [0.1, 0.15) is 21.5 Å². The zero-order chi connectivity index (χ0) is 17.6. The van der Waals surface area contributed by atoms with Crippen LogP contribution in [-0.4, -0.2) is 36.8 Å². The van der Waals surface area contributed by atoms with Crippen LogP contribution in [0.15, 0.2) is 48.5 Å². The Balaban J connectivity index is 0.00000243. The molecule has 140 valence electrons. The van der Waals surface area contributed by atoms with Gasteiger partial charge >= 0.3 is 0 Å². The number of carbonyl (C=O) groups excluding carboxylic acids is 1. The van der Waals surface area contributed by atoms with Gasteiger partial charge in [0.05, 0.1) is 6.10 Å². The Kier molecular flexibility index (Phi) is 7.45. The molecule has 1 fully saturated rings. The van der Waals surface area contributed by atoms with Crippen molar-refractivity contribution in [3.05, 3.63) is 65.2 Å². The molecule has 0 aromatic heterocycles. The van der Waals surface area contributed by atoms with Crippen LogP contribution in [0.25, 0.3) is 0 Å². The molecule has 3 rings (SSSR count). The Morgan fingerprint density at radius 3 is 2.77 bits per heavy atom. The molecule has 3 N–H and O–H groups in total. The average Bonchev–Trinajstić information content (AvgIpc) is 3.03. The van der Waals surface area contributed by atoms with Gasteiger partial charge in [-0.15, -0.1) is 12.4 Å². The number of nitrogens with one attached hydrogen (secondary N) is 2. The third kappa shape index (κ3) is 5.46. The zero-order valence-corrected chi connectivity index (χ0v) is 15.6. The minimum absolute atomic E-state index is 0. The standard InChI is InChI=1S/C20H24N2O3.ClH/c1-14-4-2-5-15(8-14)13-25-18-7-3-6-16(9-18)20(24)22-11-17-10-21-12-19(17)23;/h2-9,17,19,21,23H,10-13H2,1H3,(H,22,24);1H. The largest absolute Gasteiger partial charge is 0.489 e. The Morgan fingerprint density at radius 1 is 1.23 bits per heavy atom. The van der Waals surface area contributed by atoms with Gasteiger partial charge in [-0.25, -0.2) is 0 Å². The van der Waals surface area contributed by atoms with Crippen LogP contribution >= 0.6 is 12.4 Å². The highest BCUT2D eigenvalue weighted by molar-refractivity contribution is 5.94. The number of aliphatic hydroxyl groups excluding tert-OH is 1. The number of rotatable bonds is 6. The summed E-state index contributed by atoms with van der Waals surface area (Å²) in [5.74, 6) is 0.571. The number of β-amino-alcohol motifs (C(OH)–C–C–N with tert-alkyl or cyclic N) is 1. The molecule has 1 heterocycles. The molecule has 0 radical (unpaired) electrons. The summed E-state index contributed by atoms with van der Waals surface area (Å²) in [6, 6.07) is 15.3. The molecule has 0 bridgehead atoms. The second-order valence-corrected chi connectivity index (χ2v) is 6.50.